The lowest BCUT2D eigenvalue weighted by molar-refractivity contribution is -0.116. The van der Waals surface area contributed by atoms with Crippen LogP contribution in [-0.4, -0.2) is 64.0 Å². The highest BCUT2D eigenvalue weighted by atomic mass is 16.5. The second-order valence-corrected chi connectivity index (χ2v) is 8.06. The van der Waals surface area contributed by atoms with Gasteiger partial charge in [0.1, 0.15) is 6.54 Å². The average molecular weight is 432 g/mol. The molecule has 2 aliphatic rings. The zero-order valence-corrected chi connectivity index (χ0v) is 19.0. The predicted molar refractivity (Wildman–Crippen MR) is 127 cm³/mol. The first kappa shape index (κ1) is 21.9. The highest BCUT2D eigenvalue weighted by molar-refractivity contribution is 6.20. The molecule has 6 heteroatoms. The Bertz CT molecular complexity index is 1090. The van der Waals surface area contributed by atoms with E-state index in [0.717, 1.165) is 47.7 Å². The van der Waals surface area contributed by atoms with Crippen molar-refractivity contribution in [3.63, 3.8) is 0 Å². The van der Waals surface area contributed by atoms with Crippen molar-refractivity contribution < 1.29 is 14.3 Å². The fourth-order valence-corrected chi connectivity index (χ4v) is 4.17. The number of carbonyl (C=O) groups is 1. The average Bonchev–Trinajstić information content (AvgIpc) is 2.95. The number of hydrogen-bond acceptors (Lipinski definition) is 5. The Morgan fingerprint density at radius 1 is 1.03 bits per heavy atom. The Kier molecular flexibility index (Phi) is 6.77. The zero-order valence-electron chi connectivity index (χ0n) is 19.0. The van der Waals surface area contributed by atoms with E-state index in [1.165, 1.54) is 19.3 Å². The molecule has 0 spiro atoms. The van der Waals surface area contributed by atoms with Crippen molar-refractivity contribution >= 4 is 17.3 Å². The van der Waals surface area contributed by atoms with Gasteiger partial charge in [-0.05, 0) is 44.1 Å². The van der Waals surface area contributed by atoms with Gasteiger partial charge in [0.25, 0.3) is 0 Å². The van der Waals surface area contributed by atoms with Gasteiger partial charge in [-0.25, -0.2) is 0 Å². The van der Waals surface area contributed by atoms with Crippen molar-refractivity contribution in [1.29, 1.82) is 0 Å². The normalized spacial score (nSPS) is 16.4. The van der Waals surface area contributed by atoms with Gasteiger partial charge in [0.2, 0.25) is 5.91 Å². The summed E-state index contributed by atoms with van der Waals surface area (Å²) in [5.41, 5.74) is 4.18. The van der Waals surface area contributed by atoms with E-state index in [9.17, 15) is 4.79 Å². The van der Waals surface area contributed by atoms with E-state index in [1.54, 1.807) is 26.2 Å². The van der Waals surface area contributed by atoms with Crippen LogP contribution >= 0.6 is 0 Å². The molecule has 0 aliphatic carbocycles. The van der Waals surface area contributed by atoms with Crippen LogP contribution in [0, 0.1) is 11.8 Å². The number of ether oxygens (including phenoxy) is 2. The summed E-state index contributed by atoms with van der Waals surface area (Å²) in [7, 11) is 4.95. The molecule has 1 fully saturated rings. The number of aliphatic imine (C=N–C) groups is 1. The molecule has 1 amide bonds. The van der Waals surface area contributed by atoms with E-state index in [-0.39, 0.29) is 12.5 Å². The lowest BCUT2D eigenvalue weighted by Crippen LogP contribution is -2.29. The number of methoxy groups -OCH3 is 2. The smallest absolute Gasteiger partial charge is 0.248 e. The molecule has 4 rings (SSSR count). The van der Waals surface area contributed by atoms with E-state index in [1.807, 2.05) is 36.4 Å². The number of anilines is 1. The molecule has 2 aliphatic heterocycles. The second-order valence-electron chi connectivity index (χ2n) is 8.06. The summed E-state index contributed by atoms with van der Waals surface area (Å²) in [6.07, 6.45) is 3.85. The van der Waals surface area contributed by atoms with Gasteiger partial charge in [-0.1, -0.05) is 30.4 Å². The van der Waals surface area contributed by atoms with Gasteiger partial charge >= 0.3 is 0 Å². The molecular weight excluding hydrogens is 402 g/mol. The Hall–Kier alpha value is -3.30. The third-order valence-corrected chi connectivity index (χ3v) is 5.98. The molecule has 0 N–H and O–H groups in total. The first-order valence-corrected chi connectivity index (χ1v) is 11.0. The van der Waals surface area contributed by atoms with Gasteiger partial charge in [-0.15, -0.1) is 0 Å². The van der Waals surface area contributed by atoms with Crippen LogP contribution in [0.25, 0.3) is 0 Å². The molecule has 2 aromatic rings. The summed E-state index contributed by atoms with van der Waals surface area (Å²) in [5, 5.41) is 0. The summed E-state index contributed by atoms with van der Waals surface area (Å²) in [5.74, 6) is 7.71. The van der Waals surface area contributed by atoms with Crippen molar-refractivity contribution in [1.82, 2.24) is 4.90 Å². The number of piperidine rings is 1. The van der Waals surface area contributed by atoms with Gasteiger partial charge in [-0.2, -0.15) is 0 Å². The molecule has 6 nitrogen and oxygen atoms in total. The minimum absolute atomic E-state index is 0.0778. The number of rotatable bonds is 4. The molecule has 0 saturated carbocycles. The van der Waals surface area contributed by atoms with Crippen LogP contribution in [0.1, 0.15) is 36.0 Å². The van der Waals surface area contributed by atoms with E-state index >= 15 is 0 Å². The monoisotopic (exact) mass is 431 g/mol. The number of fused-ring (bicyclic) bond motifs is 1. The van der Waals surface area contributed by atoms with Gasteiger partial charge in [-0.3, -0.25) is 14.7 Å². The lowest BCUT2D eigenvalue weighted by atomic mass is 9.98. The second kappa shape index (κ2) is 9.88. The molecule has 2 heterocycles. The fraction of sp³-hybridized carbons (Fsp3) is 0.385. The van der Waals surface area contributed by atoms with Crippen LogP contribution in [0.3, 0.4) is 0 Å². The number of likely N-dealkylation sites (tertiary alicyclic amines) is 1. The molecule has 2 aromatic carbocycles. The maximum absolute atomic E-state index is 12.6. The molecule has 166 valence electrons. The SMILES string of the molecule is COc1cc2c(cc1OC)N(C)C(=O)CN=C2c1cccc(C#CCN2CCCCC2)c1. The minimum atomic E-state index is -0.0778. The maximum Gasteiger partial charge on any atom is 0.248 e. The summed E-state index contributed by atoms with van der Waals surface area (Å²) in [6.45, 7) is 3.14. The van der Waals surface area contributed by atoms with Gasteiger partial charge < -0.3 is 14.4 Å². The Balaban J connectivity index is 1.68. The number of benzene rings is 2. The van der Waals surface area contributed by atoms with Crippen molar-refractivity contribution in [2.24, 2.45) is 4.99 Å². The number of hydrogen-bond donors (Lipinski definition) is 0. The number of nitrogens with zero attached hydrogens (tertiary/aromatic N) is 3. The zero-order chi connectivity index (χ0) is 22.5. The quantitative estimate of drug-likeness (QED) is 0.697. The topological polar surface area (TPSA) is 54.4 Å². The van der Waals surface area contributed by atoms with Crippen LogP contribution in [0.4, 0.5) is 5.69 Å². The van der Waals surface area contributed by atoms with Crippen LogP contribution in [0.15, 0.2) is 41.4 Å². The van der Waals surface area contributed by atoms with Crippen LogP contribution < -0.4 is 14.4 Å². The summed E-state index contributed by atoms with van der Waals surface area (Å²) in [4.78, 5) is 21.3. The van der Waals surface area contributed by atoms with Crippen LogP contribution in [0.2, 0.25) is 0 Å². The molecular formula is C26H29N3O3. The first-order chi connectivity index (χ1) is 15.6. The number of likely N-dealkylation sites (N-methyl/N-ethyl adjacent to an activating group) is 1. The molecule has 0 aromatic heterocycles. The summed E-state index contributed by atoms with van der Waals surface area (Å²) in [6, 6.07) is 11.8. The van der Waals surface area contributed by atoms with E-state index in [2.05, 4.69) is 21.7 Å². The van der Waals surface area contributed by atoms with E-state index in [4.69, 9.17) is 9.47 Å². The molecule has 0 unspecified atom stereocenters. The minimum Gasteiger partial charge on any atom is -0.493 e. The third-order valence-electron chi connectivity index (χ3n) is 5.98. The Morgan fingerprint density at radius 3 is 2.53 bits per heavy atom. The highest BCUT2D eigenvalue weighted by Crippen LogP contribution is 2.37. The third kappa shape index (κ3) is 4.63. The van der Waals surface area contributed by atoms with E-state index in [0.29, 0.717) is 11.5 Å². The molecule has 1 saturated heterocycles. The highest BCUT2D eigenvalue weighted by Gasteiger charge is 2.25. The Labute approximate surface area is 189 Å². The molecule has 0 atom stereocenters. The van der Waals surface area contributed by atoms with Gasteiger partial charge in [0, 0.05) is 29.8 Å². The standard InChI is InChI=1S/C26H29N3O3/c1-28-22-17-24(32-3)23(31-2)16-21(22)26(27-18-25(28)30)20-11-7-9-19(15-20)10-8-14-29-12-5-4-6-13-29/h7,9,11,15-17H,4-6,12-14,18H2,1-3H3. The lowest BCUT2D eigenvalue weighted by Gasteiger charge is -2.23. The summed E-state index contributed by atoms with van der Waals surface area (Å²) < 4.78 is 11.0. The number of carbonyl (C=O) groups excluding carboxylic acids is 1. The van der Waals surface area contributed by atoms with E-state index < -0.39 is 0 Å². The van der Waals surface area contributed by atoms with Crippen molar-refractivity contribution in [3.05, 3.63) is 53.1 Å². The van der Waals surface area contributed by atoms with Crippen molar-refractivity contribution in [2.75, 3.05) is 52.3 Å². The molecule has 0 bridgehead atoms. The van der Waals surface area contributed by atoms with Gasteiger partial charge in [0.05, 0.1) is 32.2 Å². The number of amides is 1. The van der Waals surface area contributed by atoms with Crippen molar-refractivity contribution in [2.45, 2.75) is 19.3 Å². The van der Waals surface area contributed by atoms with Crippen molar-refractivity contribution in [3.8, 4) is 23.3 Å². The maximum atomic E-state index is 12.6. The van der Waals surface area contributed by atoms with Gasteiger partial charge in [0.15, 0.2) is 11.5 Å². The Morgan fingerprint density at radius 2 is 1.78 bits per heavy atom. The summed E-state index contributed by atoms with van der Waals surface area (Å²) >= 11 is 0. The molecule has 32 heavy (non-hydrogen) atoms. The first-order valence-electron chi connectivity index (χ1n) is 11.0. The largest absolute Gasteiger partial charge is 0.493 e. The number of benzodiazepines with no additional fused rings is 1. The van der Waals surface area contributed by atoms with Crippen LogP contribution in [0.5, 0.6) is 11.5 Å². The molecule has 0 radical (unpaired) electrons. The van der Waals surface area contributed by atoms with Crippen LogP contribution in [-0.2, 0) is 4.79 Å². The fourth-order valence-electron chi connectivity index (χ4n) is 4.17. The predicted octanol–water partition coefficient (Wildman–Crippen LogP) is 3.36.